The van der Waals surface area contributed by atoms with Gasteiger partial charge < -0.3 is 4.90 Å². The quantitative estimate of drug-likeness (QED) is 0.383. The van der Waals surface area contributed by atoms with Crippen LogP contribution in [0.3, 0.4) is 0 Å². The maximum Gasteiger partial charge on any atom is 0.0640 e. The molecule has 3 heteroatoms. The third-order valence-electron chi connectivity index (χ3n) is 9.36. The highest BCUT2D eigenvalue weighted by Gasteiger charge is 2.55. The summed E-state index contributed by atoms with van der Waals surface area (Å²) in [6.45, 7) is 24.6. The van der Waals surface area contributed by atoms with Gasteiger partial charge in [0.1, 0.15) is 0 Å². The minimum atomic E-state index is 0.123. The maximum absolute atomic E-state index is 2.91. The molecule has 0 aromatic heterocycles. The fourth-order valence-corrected chi connectivity index (χ4v) is 9.72. The third kappa shape index (κ3) is 4.88. The fourth-order valence-electron chi connectivity index (χ4n) is 7.82. The van der Waals surface area contributed by atoms with Gasteiger partial charge in [-0.3, -0.25) is 0 Å². The van der Waals surface area contributed by atoms with E-state index in [4.69, 9.17) is 0 Å². The molecule has 2 saturated heterocycles. The Balaban J connectivity index is 2.00. The molecular formula is C32H53N2P. The van der Waals surface area contributed by atoms with Gasteiger partial charge in [0.15, 0.2) is 0 Å². The molecule has 3 aliphatic rings. The van der Waals surface area contributed by atoms with Crippen LogP contribution in [-0.2, 0) is 0 Å². The molecule has 1 aromatic carbocycles. The number of para-hydroxylation sites is 1. The summed E-state index contributed by atoms with van der Waals surface area (Å²) in [6.07, 6.45) is 12.1. The lowest BCUT2D eigenvalue weighted by atomic mass is 9.71. The number of hydrogen-bond donors (Lipinski definition) is 0. The number of benzene rings is 1. The van der Waals surface area contributed by atoms with E-state index in [1.54, 1.807) is 11.1 Å². The molecule has 0 radical (unpaired) electrons. The summed E-state index contributed by atoms with van der Waals surface area (Å²) in [7, 11) is 1.47. The van der Waals surface area contributed by atoms with Crippen molar-refractivity contribution < 1.29 is 0 Å². The molecule has 2 nitrogen and oxygen atoms in total. The van der Waals surface area contributed by atoms with Gasteiger partial charge in [-0.25, -0.2) is 4.67 Å². The highest BCUT2D eigenvalue weighted by atomic mass is 31.1. The first kappa shape index (κ1) is 27.2. The van der Waals surface area contributed by atoms with Gasteiger partial charge in [-0.05, 0) is 103 Å². The minimum absolute atomic E-state index is 0.123. The Labute approximate surface area is 219 Å². The Morgan fingerprint density at radius 2 is 1.20 bits per heavy atom. The number of nitrogens with zero attached hydrogens (tertiary/aromatic N) is 2. The van der Waals surface area contributed by atoms with Crippen LogP contribution in [0.2, 0.25) is 0 Å². The van der Waals surface area contributed by atoms with Crippen molar-refractivity contribution >= 4 is 19.5 Å². The van der Waals surface area contributed by atoms with E-state index < -0.39 is 0 Å². The zero-order valence-corrected chi connectivity index (χ0v) is 25.5. The Morgan fingerprint density at radius 3 is 1.69 bits per heavy atom. The average molecular weight is 497 g/mol. The van der Waals surface area contributed by atoms with Crippen molar-refractivity contribution in [2.24, 2.45) is 5.41 Å². The molecule has 0 atom stereocenters. The standard InChI is InChI=1S/C32H53N2P/c1-23(2)25-16-14-17-26(24(3)4)27(25)33-28(32(22-31(33,9)10)20-12-11-13-21-32)35-34-29(5,6)18-15-19-30(34,7)8/h14,16-17,23-24H,11-13,15,18-22H2,1-10H3. The normalized spacial score (nSPS) is 26.9. The third-order valence-corrected chi connectivity index (χ3v) is 11.5. The SMILES string of the molecule is CC(C)c1cccc(C(C)C)c1N1C(=PN2C(C)(C)CCCC2(C)C)C2(CCCCC2)CC1(C)C. The summed E-state index contributed by atoms with van der Waals surface area (Å²) in [5, 5.41) is 0. The largest absolute Gasteiger partial charge is 0.334 e. The van der Waals surface area contributed by atoms with Gasteiger partial charge in [0.05, 0.1) is 5.42 Å². The Morgan fingerprint density at radius 1 is 0.686 bits per heavy atom. The molecule has 2 aliphatic heterocycles. The predicted octanol–water partition coefficient (Wildman–Crippen LogP) is 9.91. The first-order valence-electron chi connectivity index (χ1n) is 14.5. The van der Waals surface area contributed by atoms with Crippen LogP contribution in [0, 0.1) is 5.41 Å². The van der Waals surface area contributed by atoms with E-state index in [-0.39, 0.29) is 16.6 Å². The molecule has 0 N–H and O–H groups in total. The number of anilines is 1. The van der Waals surface area contributed by atoms with Crippen molar-refractivity contribution in [3.63, 3.8) is 0 Å². The van der Waals surface area contributed by atoms with Gasteiger partial charge in [0, 0.05) is 36.1 Å². The second-order valence-corrected chi connectivity index (χ2v) is 15.5. The lowest BCUT2D eigenvalue weighted by Crippen LogP contribution is -2.54. The van der Waals surface area contributed by atoms with Crippen LogP contribution in [0.1, 0.15) is 150 Å². The van der Waals surface area contributed by atoms with Gasteiger partial charge in [-0.1, -0.05) is 65.2 Å². The number of rotatable bonds is 4. The van der Waals surface area contributed by atoms with E-state index in [0.29, 0.717) is 17.3 Å². The molecule has 4 rings (SSSR count). The zero-order valence-electron chi connectivity index (χ0n) is 24.6. The van der Waals surface area contributed by atoms with Crippen molar-refractivity contribution in [1.29, 1.82) is 0 Å². The molecule has 196 valence electrons. The minimum Gasteiger partial charge on any atom is -0.334 e. The molecule has 1 saturated carbocycles. The van der Waals surface area contributed by atoms with Crippen LogP contribution < -0.4 is 4.90 Å². The van der Waals surface area contributed by atoms with Gasteiger partial charge in [0.25, 0.3) is 0 Å². The van der Waals surface area contributed by atoms with E-state index in [2.05, 4.69) is 97.0 Å². The lowest BCUT2D eigenvalue weighted by molar-refractivity contribution is 0.0655. The van der Waals surface area contributed by atoms with Crippen molar-refractivity contribution in [1.82, 2.24) is 4.67 Å². The van der Waals surface area contributed by atoms with Crippen molar-refractivity contribution in [3.8, 4) is 0 Å². The lowest BCUT2D eigenvalue weighted by Gasteiger charge is -2.52. The maximum atomic E-state index is 2.91. The van der Waals surface area contributed by atoms with Crippen LogP contribution in [0.5, 0.6) is 0 Å². The van der Waals surface area contributed by atoms with Crippen molar-refractivity contribution in [3.05, 3.63) is 29.3 Å². The van der Waals surface area contributed by atoms with E-state index in [1.807, 2.05) is 0 Å². The Kier molecular flexibility index (Phi) is 7.36. The van der Waals surface area contributed by atoms with Crippen LogP contribution in [0.25, 0.3) is 0 Å². The summed E-state index contributed by atoms with van der Waals surface area (Å²) < 4.78 is 2.89. The molecule has 0 bridgehead atoms. The highest BCUT2D eigenvalue weighted by Crippen LogP contribution is 2.58. The highest BCUT2D eigenvalue weighted by molar-refractivity contribution is 7.38. The Bertz CT molecular complexity index is 904. The van der Waals surface area contributed by atoms with E-state index in [0.717, 1.165) is 0 Å². The van der Waals surface area contributed by atoms with Crippen LogP contribution in [0.15, 0.2) is 18.2 Å². The summed E-state index contributed by atoms with van der Waals surface area (Å²) in [5.74, 6) is 1.03. The van der Waals surface area contributed by atoms with Gasteiger partial charge in [0.2, 0.25) is 0 Å². The molecule has 1 aromatic rings. The van der Waals surface area contributed by atoms with E-state index >= 15 is 0 Å². The smallest absolute Gasteiger partial charge is 0.0640 e. The molecular weight excluding hydrogens is 443 g/mol. The monoisotopic (exact) mass is 496 g/mol. The molecule has 0 unspecified atom stereocenters. The number of piperidine rings is 1. The molecule has 35 heavy (non-hydrogen) atoms. The topological polar surface area (TPSA) is 6.48 Å². The summed E-state index contributed by atoms with van der Waals surface area (Å²) in [5.41, 5.74) is 7.24. The summed E-state index contributed by atoms with van der Waals surface area (Å²) in [6, 6.07) is 7.13. The van der Waals surface area contributed by atoms with E-state index in [1.165, 1.54) is 77.3 Å². The first-order chi connectivity index (χ1) is 16.2. The van der Waals surface area contributed by atoms with Gasteiger partial charge in [-0.15, -0.1) is 0 Å². The first-order valence-corrected chi connectivity index (χ1v) is 15.4. The van der Waals surface area contributed by atoms with Crippen LogP contribution in [-0.4, -0.2) is 26.7 Å². The average Bonchev–Trinajstić information content (AvgIpc) is 2.95. The van der Waals surface area contributed by atoms with Crippen molar-refractivity contribution in [2.75, 3.05) is 4.90 Å². The second-order valence-electron chi connectivity index (χ2n) is 14.5. The zero-order chi connectivity index (χ0) is 25.8. The van der Waals surface area contributed by atoms with E-state index in [9.17, 15) is 0 Å². The molecule has 1 aliphatic carbocycles. The molecule has 3 fully saturated rings. The second kappa shape index (κ2) is 9.47. The van der Waals surface area contributed by atoms with Crippen LogP contribution in [0.4, 0.5) is 5.69 Å². The van der Waals surface area contributed by atoms with Crippen LogP contribution >= 0.6 is 8.35 Å². The summed E-state index contributed by atoms with van der Waals surface area (Å²) >= 11 is 0. The predicted molar refractivity (Wildman–Crippen MR) is 157 cm³/mol. The molecule has 1 spiro atoms. The fraction of sp³-hybridized carbons (Fsp3) is 0.781. The molecule has 0 amide bonds. The van der Waals surface area contributed by atoms with Gasteiger partial charge in [-0.2, -0.15) is 0 Å². The van der Waals surface area contributed by atoms with Gasteiger partial charge >= 0.3 is 0 Å². The summed E-state index contributed by atoms with van der Waals surface area (Å²) in [4.78, 5) is 2.91. The van der Waals surface area contributed by atoms with Crippen molar-refractivity contribution in [2.45, 2.75) is 155 Å². The number of hydrogen-bond acceptors (Lipinski definition) is 1. The molecule has 2 heterocycles. The Hall–Kier alpha value is -0.850.